The van der Waals surface area contributed by atoms with Gasteiger partial charge in [0.2, 0.25) is 5.91 Å². The number of hydrogen-bond donors (Lipinski definition) is 2. The van der Waals surface area contributed by atoms with Crippen molar-refractivity contribution < 1.29 is 4.79 Å². The molecule has 0 bridgehead atoms. The van der Waals surface area contributed by atoms with Crippen LogP contribution in [0, 0.1) is 17.2 Å². The van der Waals surface area contributed by atoms with Crippen molar-refractivity contribution >= 4 is 49.9 Å². The number of aromatic amines is 1. The van der Waals surface area contributed by atoms with Crippen molar-refractivity contribution in [3.63, 3.8) is 0 Å². The lowest BCUT2D eigenvalue weighted by atomic mass is 9.86. The zero-order valence-electron chi connectivity index (χ0n) is 17.8. The van der Waals surface area contributed by atoms with Gasteiger partial charge < -0.3 is 10.2 Å². The molecule has 162 valence electrons. The number of hydrogen-bond acceptors (Lipinski definition) is 7. The first kappa shape index (κ1) is 20.4. The number of aryl methyl sites for hydroxylation is 1. The molecule has 0 saturated carbocycles. The first-order valence-corrected chi connectivity index (χ1v) is 11.6. The zero-order chi connectivity index (χ0) is 22.1. The molecule has 5 rings (SSSR count). The molecule has 0 aliphatic heterocycles. The Labute approximate surface area is 189 Å². The molecule has 1 unspecified atom stereocenters. The summed E-state index contributed by atoms with van der Waals surface area (Å²) in [5.74, 6) is 0.912. The van der Waals surface area contributed by atoms with Crippen molar-refractivity contribution in [1.82, 2.24) is 25.1 Å². The Morgan fingerprint density at radius 1 is 1.41 bits per heavy atom. The van der Waals surface area contributed by atoms with Crippen molar-refractivity contribution in [1.29, 1.82) is 5.26 Å². The maximum atomic E-state index is 13.0. The standard InChI is InChI=1S/C23H23N7OS/c1-2-30(9-3-8-24)23(31)14-4-6-17-19(11-14)32-22-20(17)21(25-13-26-22)28-16-5-7-18-15(10-16)12-27-29-18/h5,7,10,12-14H,2-4,6,9,11H2,1H3,(H,27,29)(H,25,26,28). The maximum Gasteiger partial charge on any atom is 0.226 e. The van der Waals surface area contributed by atoms with Crippen LogP contribution in [-0.2, 0) is 17.6 Å². The van der Waals surface area contributed by atoms with E-state index in [4.69, 9.17) is 5.26 Å². The smallest absolute Gasteiger partial charge is 0.226 e. The van der Waals surface area contributed by atoms with Crippen LogP contribution in [0.5, 0.6) is 0 Å². The highest BCUT2D eigenvalue weighted by molar-refractivity contribution is 7.19. The van der Waals surface area contributed by atoms with E-state index >= 15 is 0 Å². The van der Waals surface area contributed by atoms with Gasteiger partial charge in [-0.2, -0.15) is 10.4 Å². The van der Waals surface area contributed by atoms with Crippen molar-refractivity contribution in [3.8, 4) is 6.07 Å². The summed E-state index contributed by atoms with van der Waals surface area (Å²) in [6.07, 6.45) is 6.11. The molecule has 2 N–H and O–H groups in total. The number of thiophene rings is 1. The monoisotopic (exact) mass is 445 g/mol. The molecular weight excluding hydrogens is 422 g/mol. The van der Waals surface area contributed by atoms with Crippen molar-refractivity contribution in [2.45, 2.75) is 32.6 Å². The fourth-order valence-corrected chi connectivity index (χ4v) is 5.71. The van der Waals surface area contributed by atoms with Crippen LogP contribution >= 0.6 is 11.3 Å². The summed E-state index contributed by atoms with van der Waals surface area (Å²) in [7, 11) is 0. The number of carbonyl (C=O) groups excluding carboxylic acids is 1. The molecule has 1 atom stereocenters. The Balaban J connectivity index is 1.42. The predicted molar refractivity (Wildman–Crippen MR) is 125 cm³/mol. The van der Waals surface area contributed by atoms with E-state index in [0.717, 1.165) is 51.9 Å². The minimum atomic E-state index is -0.0397. The average molecular weight is 446 g/mol. The quantitative estimate of drug-likeness (QED) is 0.461. The molecule has 9 heteroatoms. The zero-order valence-corrected chi connectivity index (χ0v) is 18.6. The fraction of sp³-hybridized carbons (Fsp3) is 0.348. The normalized spacial score (nSPS) is 15.4. The average Bonchev–Trinajstić information content (AvgIpc) is 3.43. The summed E-state index contributed by atoms with van der Waals surface area (Å²) < 4.78 is 0. The summed E-state index contributed by atoms with van der Waals surface area (Å²) >= 11 is 1.66. The van der Waals surface area contributed by atoms with Gasteiger partial charge in [0.05, 0.1) is 29.6 Å². The van der Waals surface area contributed by atoms with Gasteiger partial charge in [-0.25, -0.2) is 9.97 Å². The second-order valence-corrected chi connectivity index (χ2v) is 9.05. The number of benzene rings is 1. The van der Waals surface area contributed by atoms with E-state index in [1.54, 1.807) is 23.9 Å². The van der Waals surface area contributed by atoms with Crippen molar-refractivity contribution in [2.24, 2.45) is 5.92 Å². The number of nitrogens with one attached hydrogen (secondary N) is 2. The van der Waals surface area contributed by atoms with Crippen molar-refractivity contribution in [3.05, 3.63) is 41.2 Å². The van der Waals surface area contributed by atoms with Crippen LogP contribution in [0.15, 0.2) is 30.7 Å². The first-order chi connectivity index (χ1) is 15.7. The van der Waals surface area contributed by atoms with E-state index in [0.29, 0.717) is 19.5 Å². The molecule has 0 radical (unpaired) electrons. The summed E-state index contributed by atoms with van der Waals surface area (Å²) in [6, 6.07) is 8.18. The van der Waals surface area contributed by atoms with Gasteiger partial charge in [0.1, 0.15) is 17.0 Å². The topological polar surface area (TPSA) is 111 Å². The summed E-state index contributed by atoms with van der Waals surface area (Å²) in [5, 5.41) is 21.5. The van der Waals surface area contributed by atoms with Crippen LogP contribution in [0.2, 0.25) is 0 Å². The minimum absolute atomic E-state index is 0.0397. The molecule has 1 aromatic carbocycles. The van der Waals surface area contributed by atoms with Crippen LogP contribution < -0.4 is 5.32 Å². The molecule has 4 aromatic rings. The molecule has 3 aromatic heterocycles. The van der Waals surface area contributed by atoms with Crippen molar-refractivity contribution in [2.75, 3.05) is 18.4 Å². The summed E-state index contributed by atoms with van der Waals surface area (Å²) in [4.78, 5) is 26.0. The van der Waals surface area contributed by atoms with E-state index in [1.165, 1.54) is 10.4 Å². The third kappa shape index (κ3) is 3.67. The van der Waals surface area contributed by atoms with Crippen LogP contribution in [0.25, 0.3) is 21.1 Å². The number of anilines is 2. The Hall–Kier alpha value is -3.51. The predicted octanol–water partition coefficient (Wildman–Crippen LogP) is 4.18. The van der Waals surface area contributed by atoms with E-state index in [9.17, 15) is 4.79 Å². The van der Waals surface area contributed by atoms with Crippen LogP contribution in [0.4, 0.5) is 11.5 Å². The van der Waals surface area contributed by atoms with E-state index in [2.05, 4.69) is 31.6 Å². The van der Waals surface area contributed by atoms with Gasteiger partial charge in [0.25, 0.3) is 0 Å². The Bertz CT molecular complexity index is 1340. The molecule has 1 amide bonds. The highest BCUT2D eigenvalue weighted by Crippen LogP contribution is 2.40. The number of amides is 1. The molecule has 0 spiro atoms. The number of carbonyl (C=O) groups is 1. The van der Waals surface area contributed by atoms with Crippen LogP contribution in [-0.4, -0.2) is 44.1 Å². The number of nitrogens with zero attached hydrogens (tertiary/aromatic N) is 5. The number of fused-ring (bicyclic) bond motifs is 4. The Morgan fingerprint density at radius 3 is 3.16 bits per heavy atom. The molecule has 32 heavy (non-hydrogen) atoms. The van der Waals surface area contributed by atoms with Gasteiger partial charge in [-0.3, -0.25) is 9.89 Å². The van der Waals surface area contributed by atoms with E-state index in [-0.39, 0.29) is 11.8 Å². The minimum Gasteiger partial charge on any atom is -0.342 e. The largest absolute Gasteiger partial charge is 0.342 e. The maximum absolute atomic E-state index is 13.0. The van der Waals surface area contributed by atoms with Gasteiger partial charge >= 0.3 is 0 Å². The first-order valence-electron chi connectivity index (χ1n) is 10.8. The Kier molecular flexibility index (Phi) is 5.45. The van der Waals surface area contributed by atoms with E-state index in [1.807, 2.05) is 30.0 Å². The van der Waals surface area contributed by atoms with Crippen LogP contribution in [0.1, 0.15) is 30.2 Å². The molecule has 3 heterocycles. The Morgan fingerprint density at radius 2 is 2.31 bits per heavy atom. The molecule has 0 fully saturated rings. The van der Waals surface area contributed by atoms with Gasteiger partial charge in [0, 0.05) is 35.0 Å². The molecular formula is C23H23N7OS. The number of aromatic nitrogens is 4. The third-order valence-corrected chi connectivity index (χ3v) is 7.25. The van der Waals surface area contributed by atoms with Gasteiger partial charge in [-0.15, -0.1) is 11.3 Å². The van der Waals surface area contributed by atoms with Gasteiger partial charge in [-0.1, -0.05) is 0 Å². The molecule has 0 saturated heterocycles. The lowest BCUT2D eigenvalue weighted by Gasteiger charge is -2.28. The summed E-state index contributed by atoms with van der Waals surface area (Å²) in [5.41, 5.74) is 3.18. The second-order valence-electron chi connectivity index (χ2n) is 7.97. The lowest BCUT2D eigenvalue weighted by Crippen LogP contribution is -2.38. The SMILES string of the molecule is CCN(CCC#N)C(=O)C1CCc2c(sc3ncnc(Nc4ccc5[nH]ncc5c4)c23)C1. The van der Waals surface area contributed by atoms with E-state index < -0.39 is 0 Å². The number of H-pyrrole nitrogens is 1. The van der Waals surface area contributed by atoms with Crippen LogP contribution in [0.3, 0.4) is 0 Å². The molecule has 1 aliphatic rings. The van der Waals surface area contributed by atoms with Gasteiger partial charge in [0.15, 0.2) is 0 Å². The third-order valence-electron chi connectivity index (χ3n) is 6.08. The number of nitriles is 1. The second kappa shape index (κ2) is 8.55. The lowest BCUT2D eigenvalue weighted by molar-refractivity contribution is -0.135. The summed E-state index contributed by atoms with van der Waals surface area (Å²) in [6.45, 7) is 3.11. The fourth-order valence-electron chi connectivity index (χ4n) is 4.44. The highest BCUT2D eigenvalue weighted by Gasteiger charge is 2.31. The highest BCUT2D eigenvalue weighted by atomic mass is 32.1. The van der Waals surface area contributed by atoms with Gasteiger partial charge in [-0.05, 0) is 49.9 Å². The molecule has 1 aliphatic carbocycles. The number of rotatable bonds is 6. The molecule has 8 nitrogen and oxygen atoms in total.